The average molecular weight is 418 g/mol. The van der Waals surface area contributed by atoms with Crippen LogP contribution < -0.4 is 5.43 Å². The first-order valence-corrected chi connectivity index (χ1v) is 10.2. The lowest BCUT2D eigenvalue weighted by Crippen LogP contribution is -2.48. The Kier molecular flexibility index (Phi) is 4.88. The van der Waals surface area contributed by atoms with Crippen molar-refractivity contribution in [2.75, 3.05) is 19.6 Å². The van der Waals surface area contributed by atoms with Crippen molar-refractivity contribution < 1.29 is 4.79 Å². The van der Waals surface area contributed by atoms with Gasteiger partial charge < -0.3 is 14.8 Å². The molecule has 1 aromatic heterocycles. The number of carbonyl (C=O) groups excluding carboxylic acids is 1. The molecule has 1 aliphatic heterocycles. The standard InChI is InChI=1S/C20H24BrN3O2/c1-2-23-9-7-15(8-10-23)24(14-4-5-14)20(26)18-12-19(25)16-11-13(21)3-6-17(16)22-18/h3,6,11-12,14-15H,2,4-5,7-10H2,1H3,(H,22,25). The van der Waals surface area contributed by atoms with Crippen LogP contribution in [0.3, 0.4) is 0 Å². The van der Waals surface area contributed by atoms with Gasteiger partial charge in [0.15, 0.2) is 5.43 Å². The monoisotopic (exact) mass is 417 g/mol. The molecule has 0 unspecified atom stereocenters. The molecule has 0 radical (unpaired) electrons. The fourth-order valence-corrected chi connectivity index (χ4v) is 4.33. The predicted molar refractivity (Wildman–Crippen MR) is 107 cm³/mol. The summed E-state index contributed by atoms with van der Waals surface area (Å²) in [7, 11) is 0. The third-order valence-corrected chi connectivity index (χ3v) is 6.09. The molecule has 0 spiro atoms. The van der Waals surface area contributed by atoms with Gasteiger partial charge in [-0.3, -0.25) is 9.59 Å². The lowest BCUT2D eigenvalue weighted by Gasteiger charge is -2.38. The number of pyridine rings is 1. The van der Waals surface area contributed by atoms with Gasteiger partial charge in [-0.15, -0.1) is 0 Å². The fraction of sp³-hybridized carbons (Fsp3) is 0.500. The van der Waals surface area contributed by atoms with Gasteiger partial charge in [0.1, 0.15) is 5.69 Å². The second-order valence-corrected chi connectivity index (χ2v) is 8.26. The molecule has 1 aliphatic carbocycles. The van der Waals surface area contributed by atoms with Gasteiger partial charge in [-0.25, -0.2) is 0 Å². The number of nitrogens with one attached hydrogen (secondary N) is 1. The maximum Gasteiger partial charge on any atom is 0.270 e. The van der Waals surface area contributed by atoms with E-state index in [1.54, 1.807) is 6.07 Å². The third kappa shape index (κ3) is 3.45. The second-order valence-electron chi connectivity index (χ2n) is 7.35. The summed E-state index contributed by atoms with van der Waals surface area (Å²) < 4.78 is 0.858. The van der Waals surface area contributed by atoms with Crippen molar-refractivity contribution in [1.82, 2.24) is 14.8 Å². The summed E-state index contributed by atoms with van der Waals surface area (Å²) in [5.41, 5.74) is 1.01. The molecule has 2 aliphatic rings. The van der Waals surface area contributed by atoms with Crippen molar-refractivity contribution in [3.05, 3.63) is 44.7 Å². The minimum Gasteiger partial charge on any atom is -0.350 e. The van der Waals surface area contributed by atoms with Gasteiger partial charge in [0, 0.05) is 46.6 Å². The minimum absolute atomic E-state index is 0.0237. The number of halogens is 1. The summed E-state index contributed by atoms with van der Waals surface area (Å²) in [4.78, 5) is 33.5. The number of aromatic nitrogens is 1. The maximum atomic E-state index is 13.3. The Morgan fingerprint density at radius 3 is 2.54 bits per heavy atom. The van der Waals surface area contributed by atoms with Crippen molar-refractivity contribution in [3.8, 4) is 0 Å². The van der Waals surface area contributed by atoms with Crippen LogP contribution in [0.4, 0.5) is 0 Å². The van der Waals surface area contributed by atoms with Crippen LogP contribution in [-0.2, 0) is 0 Å². The zero-order valence-corrected chi connectivity index (χ0v) is 16.6. The number of fused-ring (bicyclic) bond motifs is 1. The van der Waals surface area contributed by atoms with Gasteiger partial charge in [0.2, 0.25) is 0 Å². The van der Waals surface area contributed by atoms with Gasteiger partial charge in [-0.2, -0.15) is 0 Å². The van der Waals surface area contributed by atoms with E-state index in [9.17, 15) is 9.59 Å². The molecule has 1 saturated carbocycles. The number of likely N-dealkylation sites (tertiary alicyclic amines) is 1. The highest BCUT2D eigenvalue weighted by atomic mass is 79.9. The highest BCUT2D eigenvalue weighted by molar-refractivity contribution is 9.10. The van der Waals surface area contributed by atoms with Crippen LogP contribution in [-0.4, -0.2) is 52.4 Å². The van der Waals surface area contributed by atoms with Gasteiger partial charge in [0.25, 0.3) is 5.91 Å². The molecule has 26 heavy (non-hydrogen) atoms. The molecule has 1 saturated heterocycles. The van der Waals surface area contributed by atoms with E-state index >= 15 is 0 Å². The number of amides is 1. The van der Waals surface area contributed by atoms with Crippen LogP contribution in [0.15, 0.2) is 33.5 Å². The summed E-state index contributed by atoms with van der Waals surface area (Å²) in [5, 5.41) is 0.602. The number of hydrogen-bond donors (Lipinski definition) is 1. The first kappa shape index (κ1) is 17.7. The van der Waals surface area contributed by atoms with Gasteiger partial charge in [-0.05, 0) is 50.4 Å². The smallest absolute Gasteiger partial charge is 0.270 e. The molecular formula is C20H24BrN3O2. The summed E-state index contributed by atoms with van der Waals surface area (Å²) >= 11 is 3.40. The van der Waals surface area contributed by atoms with Gasteiger partial charge >= 0.3 is 0 Å². The van der Waals surface area contributed by atoms with Gasteiger partial charge in [-0.1, -0.05) is 22.9 Å². The van der Waals surface area contributed by atoms with Crippen molar-refractivity contribution in [1.29, 1.82) is 0 Å². The maximum absolute atomic E-state index is 13.3. The predicted octanol–water partition coefficient (Wildman–Crippen LogP) is 3.38. The Morgan fingerprint density at radius 1 is 1.19 bits per heavy atom. The Labute approximate surface area is 161 Å². The number of nitrogens with zero attached hydrogens (tertiary/aromatic N) is 2. The number of benzene rings is 1. The normalized spacial score (nSPS) is 19.0. The summed E-state index contributed by atoms with van der Waals surface area (Å²) in [5.74, 6) is -0.0237. The second kappa shape index (κ2) is 7.16. The molecule has 0 atom stereocenters. The van der Waals surface area contributed by atoms with Crippen LogP contribution in [0, 0.1) is 0 Å². The third-order valence-electron chi connectivity index (χ3n) is 5.59. The summed E-state index contributed by atoms with van der Waals surface area (Å²) in [6.07, 6.45) is 4.18. The molecule has 138 valence electrons. The number of rotatable bonds is 4. The summed E-state index contributed by atoms with van der Waals surface area (Å²) in [6, 6.07) is 7.60. The average Bonchev–Trinajstić information content (AvgIpc) is 3.48. The van der Waals surface area contributed by atoms with Crippen LogP contribution in [0.1, 0.15) is 43.1 Å². The highest BCUT2D eigenvalue weighted by Crippen LogP contribution is 2.33. The molecule has 1 N–H and O–H groups in total. The fourth-order valence-electron chi connectivity index (χ4n) is 3.97. The Bertz CT molecular complexity index is 882. The topological polar surface area (TPSA) is 56.4 Å². The molecule has 4 rings (SSSR count). The quantitative estimate of drug-likeness (QED) is 0.829. The number of hydrogen-bond acceptors (Lipinski definition) is 3. The van der Waals surface area contributed by atoms with Crippen LogP contribution in [0.25, 0.3) is 10.9 Å². The Morgan fingerprint density at radius 2 is 1.88 bits per heavy atom. The minimum atomic E-state index is -0.111. The lowest BCUT2D eigenvalue weighted by molar-refractivity contribution is 0.0549. The number of H-pyrrole nitrogens is 1. The summed E-state index contributed by atoms with van der Waals surface area (Å²) in [6.45, 7) is 5.33. The van der Waals surface area contributed by atoms with Crippen LogP contribution in [0.2, 0.25) is 0 Å². The van der Waals surface area contributed by atoms with E-state index < -0.39 is 0 Å². The van der Waals surface area contributed by atoms with Crippen molar-refractivity contribution in [2.45, 2.75) is 44.7 Å². The lowest BCUT2D eigenvalue weighted by atomic mass is 10.0. The molecule has 5 nitrogen and oxygen atoms in total. The molecule has 2 aromatic rings. The number of carbonyl (C=O) groups is 1. The highest BCUT2D eigenvalue weighted by Gasteiger charge is 2.39. The molecule has 2 heterocycles. The van der Waals surface area contributed by atoms with Gasteiger partial charge in [0.05, 0.1) is 0 Å². The van der Waals surface area contributed by atoms with E-state index in [0.29, 0.717) is 22.6 Å². The Hall–Kier alpha value is -1.66. The van der Waals surface area contributed by atoms with E-state index in [1.807, 2.05) is 12.1 Å². The van der Waals surface area contributed by atoms with E-state index in [-0.39, 0.29) is 17.4 Å². The van der Waals surface area contributed by atoms with E-state index in [1.165, 1.54) is 6.07 Å². The molecule has 2 fully saturated rings. The first-order valence-electron chi connectivity index (χ1n) is 9.44. The largest absolute Gasteiger partial charge is 0.350 e. The number of aromatic amines is 1. The zero-order valence-electron chi connectivity index (χ0n) is 15.0. The van der Waals surface area contributed by atoms with E-state index in [4.69, 9.17) is 0 Å². The van der Waals surface area contributed by atoms with E-state index in [2.05, 4.69) is 37.6 Å². The van der Waals surface area contributed by atoms with Crippen molar-refractivity contribution in [2.24, 2.45) is 0 Å². The van der Waals surface area contributed by atoms with Crippen molar-refractivity contribution >= 4 is 32.7 Å². The molecule has 0 bridgehead atoms. The number of piperidine rings is 1. The van der Waals surface area contributed by atoms with Crippen LogP contribution in [0.5, 0.6) is 0 Å². The van der Waals surface area contributed by atoms with Crippen LogP contribution >= 0.6 is 15.9 Å². The SMILES string of the molecule is CCN1CCC(N(C(=O)c2cc(=O)c3cc(Br)ccc3[nH]2)C2CC2)CC1. The van der Waals surface area contributed by atoms with Crippen molar-refractivity contribution in [3.63, 3.8) is 0 Å². The molecule has 1 aromatic carbocycles. The molecular weight excluding hydrogens is 394 g/mol. The molecule has 6 heteroatoms. The first-order chi connectivity index (χ1) is 12.6. The Balaban J connectivity index is 1.63. The zero-order chi connectivity index (χ0) is 18.3. The molecule has 1 amide bonds. The van der Waals surface area contributed by atoms with E-state index in [0.717, 1.165) is 49.8 Å².